The van der Waals surface area contributed by atoms with E-state index in [1.54, 1.807) is 0 Å². The smallest absolute Gasteiger partial charge is 1.00 e. The molecule has 0 aromatic heterocycles. The van der Waals surface area contributed by atoms with Crippen LogP contribution in [0, 0.1) is 23.0 Å². The molecule has 0 aliphatic heterocycles. The summed E-state index contributed by atoms with van der Waals surface area (Å²) < 4.78 is 0. The van der Waals surface area contributed by atoms with Gasteiger partial charge in [0.25, 0.3) is 0 Å². The van der Waals surface area contributed by atoms with Crippen molar-refractivity contribution < 1.29 is 50.7 Å². The van der Waals surface area contributed by atoms with Gasteiger partial charge in [0.05, 0.1) is 0 Å². The first-order valence-corrected chi connectivity index (χ1v) is 10.9. The SMILES string of the molecule is CC(C)(C)C1=CC(c2ccccc2)=[C-]C1.CC(C)(C)C1=CC(c2ccccc2)=[C-]C1.[Cl-].[Cl-].[Hf+4]. The van der Waals surface area contributed by atoms with Gasteiger partial charge in [0.2, 0.25) is 0 Å². The van der Waals surface area contributed by atoms with Crippen LogP contribution in [0.2, 0.25) is 0 Å². The van der Waals surface area contributed by atoms with Gasteiger partial charge >= 0.3 is 25.8 Å². The Hall–Kier alpha value is -1.15. The molecule has 0 bridgehead atoms. The first-order chi connectivity index (χ1) is 14.1. The molecule has 0 fully saturated rings. The molecule has 4 rings (SSSR count). The van der Waals surface area contributed by atoms with Crippen molar-refractivity contribution in [3.05, 3.63) is 107 Å². The number of rotatable bonds is 2. The molecule has 2 aliphatic carbocycles. The molecule has 172 valence electrons. The van der Waals surface area contributed by atoms with Crippen molar-refractivity contribution in [1.82, 2.24) is 0 Å². The fraction of sp³-hybridized carbons (Fsp3) is 0.333. The Morgan fingerprint density at radius 1 is 0.545 bits per heavy atom. The third-order valence-corrected chi connectivity index (χ3v) is 5.67. The predicted octanol–water partition coefficient (Wildman–Crippen LogP) is 2.50. The zero-order valence-electron chi connectivity index (χ0n) is 20.6. The third kappa shape index (κ3) is 9.19. The normalized spacial score (nSPS) is 14.7. The summed E-state index contributed by atoms with van der Waals surface area (Å²) in [5, 5.41) is 0. The van der Waals surface area contributed by atoms with Crippen molar-refractivity contribution in [2.45, 2.75) is 54.4 Å². The Labute approximate surface area is 233 Å². The van der Waals surface area contributed by atoms with Gasteiger partial charge in [0, 0.05) is 0 Å². The fourth-order valence-corrected chi connectivity index (χ4v) is 3.50. The van der Waals surface area contributed by atoms with Crippen LogP contribution in [0.5, 0.6) is 0 Å². The predicted molar refractivity (Wildman–Crippen MR) is 130 cm³/mol. The third-order valence-electron chi connectivity index (χ3n) is 5.67. The standard InChI is InChI=1S/2C15H17.2ClH.Hf/c2*1-15(2,3)14-10-9-13(11-14)12-7-5-4-6-8-12;;;/h2*4-8,11H,10H2,1-3H3;2*1H;/q2*-1;;;+4/p-2. The topological polar surface area (TPSA) is 0 Å². The molecule has 33 heavy (non-hydrogen) atoms. The second-order valence-electron chi connectivity index (χ2n) is 10.1. The molecule has 2 aromatic carbocycles. The van der Waals surface area contributed by atoms with Crippen molar-refractivity contribution >= 4 is 11.1 Å². The quantitative estimate of drug-likeness (QED) is 0.349. The Balaban J connectivity index is 0.000000569. The van der Waals surface area contributed by atoms with Crippen LogP contribution in [-0.2, 0) is 25.8 Å². The van der Waals surface area contributed by atoms with Gasteiger partial charge in [-0.25, -0.2) is 0 Å². The molecular weight excluding hydrogens is 610 g/mol. The van der Waals surface area contributed by atoms with E-state index in [1.807, 2.05) is 12.1 Å². The maximum atomic E-state index is 3.45. The molecule has 0 heterocycles. The van der Waals surface area contributed by atoms with E-state index in [-0.39, 0.29) is 61.5 Å². The van der Waals surface area contributed by atoms with Crippen molar-refractivity contribution in [3.8, 4) is 0 Å². The molecule has 0 saturated heterocycles. The summed E-state index contributed by atoms with van der Waals surface area (Å²) in [4.78, 5) is 0. The molecule has 0 N–H and O–H groups in total. The number of hydrogen-bond donors (Lipinski definition) is 0. The molecule has 2 aliphatic rings. The van der Waals surface area contributed by atoms with Crippen LogP contribution in [0.3, 0.4) is 0 Å². The van der Waals surface area contributed by atoms with E-state index in [0.29, 0.717) is 0 Å². The largest absolute Gasteiger partial charge is 4.00 e. The number of hydrogen-bond acceptors (Lipinski definition) is 0. The van der Waals surface area contributed by atoms with Crippen LogP contribution >= 0.6 is 0 Å². The average molecular weight is 644 g/mol. The first-order valence-electron chi connectivity index (χ1n) is 10.9. The molecule has 0 spiro atoms. The van der Waals surface area contributed by atoms with Gasteiger partial charge in [0.15, 0.2) is 0 Å². The molecule has 0 radical (unpaired) electrons. The van der Waals surface area contributed by atoms with Crippen LogP contribution in [0.1, 0.15) is 65.5 Å². The molecular formula is C30H34Cl2Hf. The molecule has 2 aromatic rings. The van der Waals surface area contributed by atoms with Crippen molar-refractivity contribution in [3.63, 3.8) is 0 Å². The van der Waals surface area contributed by atoms with Crippen LogP contribution in [0.25, 0.3) is 11.1 Å². The maximum absolute atomic E-state index is 3.45. The van der Waals surface area contributed by atoms with Gasteiger partial charge in [0.1, 0.15) is 0 Å². The molecule has 0 atom stereocenters. The Kier molecular flexibility index (Phi) is 13.2. The first kappa shape index (κ1) is 31.9. The Morgan fingerprint density at radius 3 is 1.09 bits per heavy atom. The van der Waals surface area contributed by atoms with Gasteiger partial charge in [-0.3, -0.25) is 0 Å². The maximum Gasteiger partial charge on any atom is 4.00 e. The molecule has 0 amide bonds. The fourth-order valence-electron chi connectivity index (χ4n) is 3.50. The van der Waals surface area contributed by atoms with Crippen molar-refractivity contribution in [2.75, 3.05) is 0 Å². The number of benzene rings is 2. The van der Waals surface area contributed by atoms with E-state index in [4.69, 9.17) is 0 Å². The van der Waals surface area contributed by atoms with Gasteiger partial charge in [-0.2, -0.15) is 35.5 Å². The Morgan fingerprint density at radius 2 is 0.848 bits per heavy atom. The van der Waals surface area contributed by atoms with Crippen LogP contribution in [-0.4, -0.2) is 0 Å². The van der Waals surface area contributed by atoms with Gasteiger partial charge in [-0.1, -0.05) is 90.8 Å². The summed E-state index contributed by atoms with van der Waals surface area (Å²) >= 11 is 0. The molecule has 3 heteroatoms. The van der Waals surface area contributed by atoms with E-state index in [2.05, 4.69) is 114 Å². The monoisotopic (exact) mass is 644 g/mol. The minimum atomic E-state index is 0. The molecule has 0 nitrogen and oxygen atoms in total. The van der Waals surface area contributed by atoms with E-state index in [0.717, 1.165) is 12.8 Å². The molecule has 0 saturated carbocycles. The number of allylic oxidation sites excluding steroid dienone is 8. The number of halogens is 2. The van der Waals surface area contributed by atoms with E-state index in [1.165, 1.54) is 33.4 Å². The van der Waals surface area contributed by atoms with Crippen LogP contribution in [0.15, 0.2) is 84.0 Å². The van der Waals surface area contributed by atoms with Crippen molar-refractivity contribution in [2.24, 2.45) is 10.8 Å². The van der Waals surface area contributed by atoms with E-state index in [9.17, 15) is 0 Å². The van der Waals surface area contributed by atoms with Crippen LogP contribution in [0.4, 0.5) is 0 Å². The second-order valence-corrected chi connectivity index (χ2v) is 10.1. The summed E-state index contributed by atoms with van der Waals surface area (Å²) in [6.07, 6.45) is 13.4. The zero-order valence-corrected chi connectivity index (χ0v) is 25.7. The van der Waals surface area contributed by atoms with Gasteiger partial charge in [-0.15, -0.1) is 46.5 Å². The summed E-state index contributed by atoms with van der Waals surface area (Å²) in [7, 11) is 0. The van der Waals surface area contributed by atoms with E-state index >= 15 is 0 Å². The summed E-state index contributed by atoms with van der Waals surface area (Å²) in [6.45, 7) is 13.6. The summed E-state index contributed by atoms with van der Waals surface area (Å²) in [5.41, 5.74) is 8.53. The average Bonchev–Trinajstić information content (AvgIpc) is 3.40. The summed E-state index contributed by atoms with van der Waals surface area (Å²) in [5.74, 6) is 0. The van der Waals surface area contributed by atoms with Gasteiger partial charge < -0.3 is 24.8 Å². The second kappa shape index (κ2) is 13.7. The minimum Gasteiger partial charge on any atom is -1.00 e. The Bertz CT molecular complexity index is 900. The van der Waals surface area contributed by atoms with Gasteiger partial charge in [-0.05, 0) is 10.8 Å². The molecule has 0 unspecified atom stereocenters. The van der Waals surface area contributed by atoms with E-state index < -0.39 is 0 Å². The van der Waals surface area contributed by atoms with Crippen LogP contribution < -0.4 is 24.8 Å². The van der Waals surface area contributed by atoms with Crippen molar-refractivity contribution in [1.29, 1.82) is 0 Å². The summed E-state index contributed by atoms with van der Waals surface area (Å²) in [6, 6.07) is 21.0. The zero-order chi connectivity index (χ0) is 21.8. The minimum absolute atomic E-state index is 0.